The first-order chi connectivity index (χ1) is 27.7. The second-order valence-corrected chi connectivity index (χ2v) is 14.8. The molecule has 0 saturated heterocycles. The Labute approximate surface area is 323 Å². The van der Waals surface area contributed by atoms with Crippen LogP contribution in [0.3, 0.4) is 0 Å². The first kappa shape index (κ1) is 31.0. The number of para-hydroxylation sites is 1. The van der Waals surface area contributed by atoms with Crippen LogP contribution in [0.1, 0.15) is 11.1 Å². The number of rotatable bonds is 4. The smallest absolute Gasteiger partial charge is 0.165 e. The van der Waals surface area contributed by atoms with E-state index in [2.05, 4.69) is 168 Å². The lowest BCUT2D eigenvalue weighted by molar-refractivity contribution is 1.08. The highest BCUT2D eigenvalue weighted by molar-refractivity contribution is 6.14. The highest BCUT2D eigenvalue weighted by Crippen LogP contribution is 2.48. The maximum atomic E-state index is 5.41. The highest BCUT2D eigenvalue weighted by atomic mass is 15.0. The second kappa shape index (κ2) is 12.0. The zero-order chi connectivity index (χ0) is 36.7. The molecule has 0 bridgehead atoms. The van der Waals surface area contributed by atoms with E-state index in [-0.39, 0.29) is 0 Å². The van der Waals surface area contributed by atoms with Gasteiger partial charge in [-0.2, -0.15) is 0 Å². The molecule has 9 aromatic carbocycles. The Hall–Kier alpha value is -7.43. The van der Waals surface area contributed by atoms with E-state index in [0.717, 1.165) is 45.0 Å². The average molecular weight is 713 g/mol. The average Bonchev–Trinajstić information content (AvgIpc) is 3.79. The van der Waals surface area contributed by atoms with Crippen molar-refractivity contribution in [2.75, 3.05) is 0 Å². The van der Waals surface area contributed by atoms with Crippen molar-refractivity contribution in [3.8, 4) is 51.0 Å². The molecule has 12 rings (SSSR count). The molecule has 0 fully saturated rings. The molecule has 1 aliphatic carbocycles. The summed E-state index contributed by atoms with van der Waals surface area (Å²) in [5.41, 5.74) is 11.5. The van der Waals surface area contributed by atoms with Crippen LogP contribution in [0.2, 0.25) is 0 Å². The lowest BCUT2D eigenvalue weighted by Crippen LogP contribution is -2.02. The predicted molar refractivity (Wildman–Crippen MR) is 231 cm³/mol. The predicted octanol–water partition coefficient (Wildman–Crippen LogP) is 13.0. The minimum Gasteiger partial charge on any atom is -0.309 e. The molecular formula is C52H32N4. The van der Waals surface area contributed by atoms with Gasteiger partial charge in [-0.3, -0.25) is 0 Å². The zero-order valence-electron chi connectivity index (χ0n) is 30.3. The van der Waals surface area contributed by atoms with Crippen LogP contribution in [0.15, 0.2) is 182 Å². The molecular weight excluding hydrogens is 681 g/mol. The monoisotopic (exact) mass is 712 g/mol. The van der Waals surface area contributed by atoms with E-state index >= 15 is 0 Å². The van der Waals surface area contributed by atoms with E-state index in [0.29, 0.717) is 17.5 Å². The maximum absolute atomic E-state index is 5.41. The molecule has 56 heavy (non-hydrogen) atoms. The molecule has 11 aromatic rings. The van der Waals surface area contributed by atoms with Gasteiger partial charge in [-0.25, -0.2) is 15.0 Å². The molecule has 0 spiro atoms. The molecule has 260 valence electrons. The maximum Gasteiger partial charge on any atom is 0.165 e. The van der Waals surface area contributed by atoms with Crippen LogP contribution in [-0.2, 0) is 6.42 Å². The van der Waals surface area contributed by atoms with Crippen molar-refractivity contribution >= 4 is 54.1 Å². The summed E-state index contributed by atoms with van der Waals surface area (Å²) in [4.78, 5) is 15.9. The molecule has 0 amide bonds. The van der Waals surface area contributed by atoms with Gasteiger partial charge in [-0.15, -0.1) is 0 Å². The summed E-state index contributed by atoms with van der Waals surface area (Å²) in [7, 11) is 0. The second-order valence-electron chi connectivity index (χ2n) is 14.8. The Morgan fingerprint density at radius 2 is 1.02 bits per heavy atom. The summed E-state index contributed by atoms with van der Waals surface area (Å²) in [5, 5.41) is 9.56. The first-order valence-electron chi connectivity index (χ1n) is 19.2. The number of hydrogen-bond acceptors (Lipinski definition) is 3. The van der Waals surface area contributed by atoms with E-state index in [1.165, 1.54) is 60.2 Å². The lowest BCUT2D eigenvalue weighted by atomic mass is 9.92. The summed E-state index contributed by atoms with van der Waals surface area (Å²) in [6.45, 7) is 0. The normalized spacial score (nSPS) is 12.2. The minimum atomic E-state index is 0.657. The van der Waals surface area contributed by atoms with Gasteiger partial charge in [0.25, 0.3) is 0 Å². The molecule has 1 aliphatic rings. The van der Waals surface area contributed by atoms with E-state index in [1.54, 1.807) is 0 Å². The van der Waals surface area contributed by atoms with E-state index in [9.17, 15) is 0 Å². The Morgan fingerprint density at radius 1 is 0.357 bits per heavy atom. The zero-order valence-corrected chi connectivity index (χ0v) is 30.3. The molecule has 2 heterocycles. The number of hydrogen-bond donors (Lipinski definition) is 0. The standard InChI is InChI=1S/C52H32N4/c1-2-14-33(15-3-1)50-53-51(43-23-12-19-32-13-6-8-20-40(32)43)55-52(54-50)49-41-21-9-7-18-36(41)27-38-28-37-25-26-39(31-44(37)48(38)49)56-46-24-11-10-22-42(46)45-29-34-16-4-5-17-35(34)30-47(45)56/h1-27,29-31H,28H2. The minimum absolute atomic E-state index is 0.657. The molecule has 0 N–H and O–H groups in total. The number of fused-ring (bicyclic) bond motifs is 9. The number of benzene rings is 9. The quantitative estimate of drug-likeness (QED) is 0.182. The van der Waals surface area contributed by atoms with Crippen molar-refractivity contribution in [2.45, 2.75) is 6.42 Å². The van der Waals surface area contributed by atoms with Crippen molar-refractivity contribution in [1.82, 2.24) is 19.5 Å². The third kappa shape index (κ3) is 4.69. The van der Waals surface area contributed by atoms with Gasteiger partial charge < -0.3 is 4.57 Å². The third-order valence-corrected chi connectivity index (χ3v) is 11.6. The van der Waals surface area contributed by atoms with Gasteiger partial charge in [0.2, 0.25) is 0 Å². The summed E-state index contributed by atoms with van der Waals surface area (Å²) in [6, 6.07) is 65.2. The Balaban J connectivity index is 1.14. The van der Waals surface area contributed by atoms with Gasteiger partial charge in [-0.1, -0.05) is 152 Å². The largest absolute Gasteiger partial charge is 0.309 e. The SMILES string of the molecule is c1ccc(-c2nc(-c3cccc4ccccc34)nc(-c3c4c(cc5ccccc35)Cc3ccc(-n5c6ccccc6c6cc7ccccc7cc65)cc3-4)n2)cc1. The van der Waals surface area contributed by atoms with Crippen LogP contribution in [0.5, 0.6) is 0 Å². The van der Waals surface area contributed by atoms with Crippen LogP contribution < -0.4 is 0 Å². The summed E-state index contributed by atoms with van der Waals surface area (Å²) in [5.74, 6) is 2.00. The third-order valence-electron chi connectivity index (χ3n) is 11.6. The van der Waals surface area contributed by atoms with Crippen molar-refractivity contribution < 1.29 is 0 Å². The summed E-state index contributed by atoms with van der Waals surface area (Å²) >= 11 is 0. The van der Waals surface area contributed by atoms with Crippen LogP contribution in [-0.4, -0.2) is 19.5 Å². The molecule has 0 atom stereocenters. The molecule has 0 aliphatic heterocycles. The Morgan fingerprint density at radius 3 is 1.88 bits per heavy atom. The van der Waals surface area contributed by atoms with Gasteiger partial charge in [-0.05, 0) is 91.3 Å². The Bertz CT molecular complexity index is 3390. The van der Waals surface area contributed by atoms with Gasteiger partial charge >= 0.3 is 0 Å². The van der Waals surface area contributed by atoms with Gasteiger partial charge in [0, 0.05) is 33.2 Å². The molecule has 0 radical (unpaired) electrons. The van der Waals surface area contributed by atoms with Crippen LogP contribution >= 0.6 is 0 Å². The highest BCUT2D eigenvalue weighted by Gasteiger charge is 2.28. The fourth-order valence-electron chi connectivity index (χ4n) is 9.06. The topological polar surface area (TPSA) is 43.6 Å². The number of nitrogens with zero attached hydrogens (tertiary/aromatic N) is 4. The van der Waals surface area contributed by atoms with Crippen LogP contribution in [0.4, 0.5) is 0 Å². The van der Waals surface area contributed by atoms with Gasteiger partial charge in [0.15, 0.2) is 17.5 Å². The van der Waals surface area contributed by atoms with E-state index in [1.807, 2.05) is 18.2 Å². The molecule has 4 nitrogen and oxygen atoms in total. The van der Waals surface area contributed by atoms with E-state index < -0.39 is 0 Å². The molecule has 0 saturated carbocycles. The molecule has 4 heteroatoms. The van der Waals surface area contributed by atoms with Crippen molar-refractivity contribution in [1.29, 1.82) is 0 Å². The Kier molecular flexibility index (Phi) is 6.66. The van der Waals surface area contributed by atoms with Crippen molar-refractivity contribution in [3.63, 3.8) is 0 Å². The first-order valence-corrected chi connectivity index (χ1v) is 19.2. The fraction of sp³-hybridized carbons (Fsp3) is 0.0192. The summed E-state index contributed by atoms with van der Waals surface area (Å²) < 4.78 is 2.44. The van der Waals surface area contributed by atoms with Crippen molar-refractivity contribution in [2.24, 2.45) is 0 Å². The fourth-order valence-corrected chi connectivity index (χ4v) is 9.06. The van der Waals surface area contributed by atoms with Gasteiger partial charge in [0.1, 0.15) is 0 Å². The van der Waals surface area contributed by atoms with Crippen LogP contribution in [0, 0.1) is 0 Å². The molecule has 0 unspecified atom stereocenters. The van der Waals surface area contributed by atoms with Crippen molar-refractivity contribution in [3.05, 3.63) is 193 Å². The summed E-state index contributed by atoms with van der Waals surface area (Å²) in [6.07, 6.45) is 0.841. The number of aromatic nitrogens is 4. The molecule has 2 aromatic heterocycles. The van der Waals surface area contributed by atoms with Gasteiger partial charge in [0.05, 0.1) is 11.0 Å². The van der Waals surface area contributed by atoms with Crippen LogP contribution in [0.25, 0.3) is 105 Å². The van der Waals surface area contributed by atoms with E-state index in [4.69, 9.17) is 15.0 Å². The lowest BCUT2D eigenvalue weighted by Gasteiger charge is -2.16.